The molecule has 0 saturated heterocycles. The van der Waals surface area contributed by atoms with E-state index in [9.17, 15) is 10.1 Å². The summed E-state index contributed by atoms with van der Waals surface area (Å²) in [6, 6.07) is 10.7. The summed E-state index contributed by atoms with van der Waals surface area (Å²) < 4.78 is 0. The van der Waals surface area contributed by atoms with E-state index in [4.69, 9.17) is 0 Å². The number of benzene rings is 1. The van der Waals surface area contributed by atoms with Crippen molar-refractivity contribution in [2.24, 2.45) is 0 Å². The number of carbonyl (C=O) groups is 1. The number of nitrogens with one attached hydrogen (secondary N) is 1. The molecule has 1 aliphatic heterocycles. The molecule has 0 spiro atoms. The average Bonchev–Trinajstić information content (AvgIpc) is 3.03. The Morgan fingerprint density at radius 3 is 3.00 bits per heavy atom. The normalized spacial score (nSPS) is 15.7. The van der Waals surface area contributed by atoms with Crippen molar-refractivity contribution in [2.75, 3.05) is 29.1 Å². The number of hydrogen-bond acceptors (Lipinski definition) is 5. The lowest BCUT2D eigenvalue weighted by Crippen LogP contribution is -2.32. The summed E-state index contributed by atoms with van der Waals surface area (Å²) in [5.41, 5.74) is 3.08. The van der Waals surface area contributed by atoms with E-state index in [1.165, 1.54) is 27.4 Å². The maximum atomic E-state index is 12.5. The monoisotopic (exact) mass is 383 g/mol. The van der Waals surface area contributed by atoms with Crippen molar-refractivity contribution in [1.29, 1.82) is 5.26 Å². The van der Waals surface area contributed by atoms with Crippen molar-refractivity contribution in [3.63, 3.8) is 0 Å². The fourth-order valence-corrected chi connectivity index (χ4v) is 5.96. The van der Waals surface area contributed by atoms with Gasteiger partial charge in [0.2, 0.25) is 5.91 Å². The number of fused-ring (bicyclic) bond motifs is 2. The lowest BCUT2D eigenvalue weighted by Gasteiger charge is -2.30. The number of para-hydroxylation sites is 1. The molecule has 26 heavy (non-hydrogen) atoms. The van der Waals surface area contributed by atoms with Crippen LogP contribution in [0.3, 0.4) is 0 Å². The molecule has 1 amide bonds. The van der Waals surface area contributed by atoms with Gasteiger partial charge in [0.05, 0.1) is 11.3 Å². The van der Waals surface area contributed by atoms with E-state index in [2.05, 4.69) is 34.5 Å². The van der Waals surface area contributed by atoms with Gasteiger partial charge in [-0.05, 0) is 43.4 Å². The lowest BCUT2D eigenvalue weighted by molar-refractivity contribution is -0.116. The van der Waals surface area contributed by atoms with Crippen LogP contribution in [0.4, 0.5) is 10.7 Å². The average molecular weight is 384 g/mol. The summed E-state index contributed by atoms with van der Waals surface area (Å²) in [5, 5.41) is 13.3. The fourth-order valence-electron chi connectivity index (χ4n) is 3.66. The third-order valence-electron chi connectivity index (χ3n) is 4.97. The zero-order valence-electron chi connectivity index (χ0n) is 14.6. The van der Waals surface area contributed by atoms with E-state index in [1.807, 2.05) is 17.8 Å². The van der Waals surface area contributed by atoms with E-state index >= 15 is 0 Å². The van der Waals surface area contributed by atoms with Gasteiger partial charge >= 0.3 is 0 Å². The number of nitriles is 1. The molecular weight excluding hydrogens is 362 g/mol. The number of thiophene rings is 1. The minimum absolute atomic E-state index is 0.00388. The number of nitrogens with zero attached hydrogens (tertiary/aromatic N) is 2. The van der Waals surface area contributed by atoms with Gasteiger partial charge in [0, 0.05) is 35.0 Å². The Balaban J connectivity index is 1.41. The molecule has 4 rings (SSSR count). The van der Waals surface area contributed by atoms with E-state index in [-0.39, 0.29) is 5.91 Å². The van der Waals surface area contributed by atoms with Gasteiger partial charge in [0.15, 0.2) is 0 Å². The van der Waals surface area contributed by atoms with Gasteiger partial charge in [-0.2, -0.15) is 5.26 Å². The van der Waals surface area contributed by atoms with Crippen molar-refractivity contribution >= 4 is 39.7 Å². The first-order chi connectivity index (χ1) is 12.8. The number of amides is 1. The third-order valence-corrected chi connectivity index (χ3v) is 7.22. The predicted octanol–water partition coefficient (Wildman–Crippen LogP) is 4.44. The number of carbonyl (C=O) groups excluding carboxylic acids is 1. The molecule has 2 aromatic rings. The number of hydrogen-bond donors (Lipinski definition) is 1. The predicted molar refractivity (Wildman–Crippen MR) is 108 cm³/mol. The van der Waals surface area contributed by atoms with Gasteiger partial charge in [-0.3, -0.25) is 4.79 Å². The molecule has 0 bridgehead atoms. The Morgan fingerprint density at radius 2 is 2.12 bits per heavy atom. The second kappa shape index (κ2) is 7.73. The van der Waals surface area contributed by atoms with Crippen LogP contribution in [-0.2, 0) is 17.6 Å². The summed E-state index contributed by atoms with van der Waals surface area (Å²) in [6.45, 7) is 1.67. The van der Waals surface area contributed by atoms with Crippen LogP contribution in [0.15, 0.2) is 29.2 Å². The van der Waals surface area contributed by atoms with Crippen molar-refractivity contribution < 1.29 is 4.79 Å². The SMILES string of the molecule is N#Cc1c(NC(=O)CCN2CCSc3ccccc32)sc2c1CCCC2. The Kier molecular flexibility index (Phi) is 5.18. The summed E-state index contributed by atoms with van der Waals surface area (Å²) >= 11 is 3.47. The van der Waals surface area contributed by atoms with E-state index < -0.39 is 0 Å². The Labute approximate surface area is 162 Å². The van der Waals surface area contributed by atoms with Gasteiger partial charge in [-0.15, -0.1) is 23.1 Å². The maximum Gasteiger partial charge on any atom is 0.226 e. The summed E-state index contributed by atoms with van der Waals surface area (Å²) in [6.07, 6.45) is 4.75. The van der Waals surface area contributed by atoms with E-state index in [0.29, 0.717) is 18.5 Å². The highest BCUT2D eigenvalue weighted by molar-refractivity contribution is 7.99. The van der Waals surface area contributed by atoms with Crippen LogP contribution in [0, 0.1) is 11.3 Å². The van der Waals surface area contributed by atoms with Crippen molar-refractivity contribution in [1.82, 2.24) is 0 Å². The van der Waals surface area contributed by atoms with Crippen LogP contribution < -0.4 is 10.2 Å². The maximum absolute atomic E-state index is 12.5. The molecule has 1 N–H and O–H groups in total. The summed E-state index contributed by atoms with van der Waals surface area (Å²) in [4.78, 5) is 17.4. The van der Waals surface area contributed by atoms with E-state index in [0.717, 1.165) is 36.6 Å². The number of rotatable bonds is 4. The first kappa shape index (κ1) is 17.4. The zero-order chi connectivity index (χ0) is 17.9. The molecule has 2 heterocycles. The minimum Gasteiger partial charge on any atom is -0.369 e. The Morgan fingerprint density at radius 1 is 1.27 bits per heavy atom. The van der Waals surface area contributed by atoms with Crippen LogP contribution in [0.1, 0.15) is 35.3 Å². The standard InChI is InChI=1S/C20H21N3OS2/c21-13-15-14-5-1-3-7-17(14)26-20(15)22-19(24)9-10-23-11-12-25-18-8-4-2-6-16(18)23/h2,4,6,8H,1,3,5,7,9-12H2,(H,22,24). The molecule has 1 aliphatic carbocycles. The van der Waals surface area contributed by atoms with Gasteiger partial charge in [-0.25, -0.2) is 0 Å². The molecule has 134 valence electrons. The molecule has 0 atom stereocenters. The molecule has 0 unspecified atom stereocenters. The highest BCUT2D eigenvalue weighted by atomic mass is 32.2. The van der Waals surface area contributed by atoms with Crippen LogP contribution in [-0.4, -0.2) is 24.7 Å². The summed E-state index contributed by atoms with van der Waals surface area (Å²) in [5.74, 6) is 1.05. The quantitative estimate of drug-likeness (QED) is 0.848. The summed E-state index contributed by atoms with van der Waals surface area (Å²) in [7, 11) is 0. The van der Waals surface area contributed by atoms with Gasteiger partial charge < -0.3 is 10.2 Å². The van der Waals surface area contributed by atoms with Crippen molar-refractivity contribution in [3.8, 4) is 6.07 Å². The molecule has 0 saturated carbocycles. The number of anilines is 2. The molecular formula is C20H21N3OS2. The molecule has 0 fully saturated rings. The second-order valence-corrected chi connectivity index (χ2v) is 8.87. The van der Waals surface area contributed by atoms with Crippen LogP contribution in [0.5, 0.6) is 0 Å². The van der Waals surface area contributed by atoms with Crippen LogP contribution >= 0.6 is 23.1 Å². The second-order valence-electron chi connectivity index (χ2n) is 6.63. The molecule has 0 radical (unpaired) electrons. The third kappa shape index (κ3) is 3.46. The Bertz CT molecular complexity index is 868. The lowest BCUT2D eigenvalue weighted by atomic mass is 9.96. The highest BCUT2D eigenvalue weighted by Crippen LogP contribution is 2.38. The molecule has 6 heteroatoms. The topological polar surface area (TPSA) is 56.1 Å². The largest absolute Gasteiger partial charge is 0.369 e. The first-order valence-electron chi connectivity index (χ1n) is 9.07. The van der Waals surface area contributed by atoms with E-state index in [1.54, 1.807) is 11.3 Å². The fraction of sp³-hybridized carbons (Fsp3) is 0.400. The van der Waals surface area contributed by atoms with Crippen LogP contribution in [0.25, 0.3) is 0 Å². The van der Waals surface area contributed by atoms with Gasteiger partial charge in [0.25, 0.3) is 0 Å². The molecule has 2 aliphatic rings. The smallest absolute Gasteiger partial charge is 0.226 e. The van der Waals surface area contributed by atoms with Crippen molar-refractivity contribution in [3.05, 3.63) is 40.3 Å². The van der Waals surface area contributed by atoms with Crippen molar-refractivity contribution in [2.45, 2.75) is 37.0 Å². The molecule has 1 aromatic heterocycles. The van der Waals surface area contributed by atoms with Gasteiger partial charge in [-0.1, -0.05) is 12.1 Å². The highest BCUT2D eigenvalue weighted by Gasteiger charge is 2.22. The first-order valence-corrected chi connectivity index (χ1v) is 10.9. The van der Waals surface area contributed by atoms with Gasteiger partial charge in [0.1, 0.15) is 11.1 Å². The number of thioether (sulfide) groups is 1. The molecule has 4 nitrogen and oxygen atoms in total. The zero-order valence-corrected chi connectivity index (χ0v) is 16.2. The van der Waals surface area contributed by atoms with Crippen LogP contribution in [0.2, 0.25) is 0 Å². The Hall–Kier alpha value is -1.97. The minimum atomic E-state index is -0.00388. The number of aryl methyl sites for hydroxylation is 1. The molecule has 1 aromatic carbocycles.